The van der Waals surface area contributed by atoms with Crippen LogP contribution in [-0.4, -0.2) is 46.7 Å². The molecular weight excluding hydrogens is 290 g/mol. The summed E-state index contributed by atoms with van der Waals surface area (Å²) in [5, 5.41) is 3.05. The third kappa shape index (κ3) is 3.83. The normalized spacial score (nSPS) is 19.1. The highest BCUT2D eigenvalue weighted by Gasteiger charge is 2.30. The molecule has 0 aromatic carbocycles. The van der Waals surface area contributed by atoms with E-state index in [0.717, 1.165) is 30.8 Å². The molecule has 2 heterocycles. The van der Waals surface area contributed by atoms with Crippen molar-refractivity contribution in [1.29, 1.82) is 0 Å². The van der Waals surface area contributed by atoms with Gasteiger partial charge >= 0.3 is 0 Å². The summed E-state index contributed by atoms with van der Waals surface area (Å²) in [6, 6.07) is 0. The molecule has 2 N–H and O–H groups in total. The third-order valence-electron chi connectivity index (χ3n) is 4.80. The summed E-state index contributed by atoms with van der Waals surface area (Å²) < 4.78 is 0. The summed E-state index contributed by atoms with van der Waals surface area (Å²) in [6.45, 7) is 14.6. The Morgan fingerprint density at radius 2 is 1.96 bits per heavy atom. The van der Waals surface area contributed by atoms with Crippen LogP contribution < -0.4 is 5.32 Å². The molecule has 0 unspecified atom stereocenters. The summed E-state index contributed by atoms with van der Waals surface area (Å²) in [5.41, 5.74) is 2.83. The van der Waals surface area contributed by atoms with Gasteiger partial charge in [0.25, 0.3) is 5.91 Å². The molecule has 1 aromatic rings. The van der Waals surface area contributed by atoms with Gasteiger partial charge in [-0.05, 0) is 59.1 Å². The molecule has 1 fully saturated rings. The average molecular weight is 319 g/mol. The maximum absolute atomic E-state index is 12.5. The minimum absolute atomic E-state index is 0.0405. The Bertz CT molecular complexity index is 611. The molecule has 1 aliphatic rings. The average Bonchev–Trinajstić information content (AvgIpc) is 3.01. The largest absolute Gasteiger partial charge is 0.355 e. The van der Waals surface area contributed by atoms with Gasteiger partial charge in [0, 0.05) is 31.2 Å². The summed E-state index contributed by atoms with van der Waals surface area (Å²) in [6.07, 6.45) is 1.11. The molecule has 0 bridgehead atoms. The lowest BCUT2D eigenvalue weighted by Gasteiger charge is -2.31. The standard InChI is InChI=1S/C18H29N3O2/c1-11-15(12(2)20-16(11)13(3)22)17(23)19-9-14-7-8-21(10-14)18(4,5)6/h14,20H,7-10H2,1-6H3,(H,19,23)/t14-/m1/s1. The minimum atomic E-state index is -0.0852. The van der Waals surface area contributed by atoms with Crippen LogP contribution in [-0.2, 0) is 0 Å². The number of rotatable bonds is 4. The van der Waals surface area contributed by atoms with Crippen LogP contribution >= 0.6 is 0 Å². The zero-order chi connectivity index (χ0) is 17.4. The van der Waals surface area contributed by atoms with Crippen molar-refractivity contribution in [2.24, 2.45) is 5.92 Å². The van der Waals surface area contributed by atoms with Gasteiger partial charge in [-0.1, -0.05) is 0 Å². The van der Waals surface area contributed by atoms with E-state index in [1.54, 1.807) is 0 Å². The summed E-state index contributed by atoms with van der Waals surface area (Å²) in [5.74, 6) is 0.365. The van der Waals surface area contributed by atoms with E-state index in [-0.39, 0.29) is 17.2 Å². The van der Waals surface area contributed by atoms with E-state index >= 15 is 0 Å². The van der Waals surface area contributed by atoms with Crippen molar-refractivity contribution in [1.82, 2.24) is 15.2 Å². The van der Waals surface area contributed by atoms with Crippen LogP contribution in [0.3, 0.4) is 0 Å². The number of ketones is 1. The first-order valence-electron chi connectivity index (χ1n) is 8.34. The fourth-order valence-electron chi connectivity index (χ4n) is 3.38. The number of aromatic nitrogens is 1. The van der Waals surface area contributed by atoms with E-state index in [4.69, 9.17) is 0 Å². The van der Waals surface area contributed by atoms with E-state index in [9.17, 15) is 9.59 Å². The predicted molar refractivity (Wildman–Crippen MR) is 92.0 cm³/mol. The molecule has 5 heteroatoms. The molecule has 0 radical (unpaired) electrons. The highest BCUT2D eigenvalue weighted by molar-refractivity contribution is 6.02. The van der Waals surface area contributed by atoms with Gasteiger partial charge in [-0.25, -0.2) is 0 Å². The second kappa shape index (κ2) is 6.48. The molecule has 23 heavy (non-hydrogen) atoms. The van der Waals surface area contributed by atoms with Crippen LogP contribution in [0, 0.1) is 19.8 Å². The van der Waals surface area contributed by atoms with Crippen LogP contribution in [0.1, 0.15) is 66.2 Å². The Labute approximate surface area is 138 Å². The summed E-state index contributed by atoms with van der Waals surface area (Å²) >= 11 is 0. The molecule has 1 atom stereocenters. The van der Waals surface area contributed by atoms with E-state index < -0.39 is 0 Å². The zero-order valence-corrected chi connectivity index (χ0v) is 15.2. The van der Waals surface area contributed by atoms with Crippen molar-refractivity contribution in [2.45, 2.75) is 53.5 Å². The highest BCUT2D eigenvalue weighted by atomic mass is 16.1. The first-order valence-corrected chi connectivity index (χ1v) is 8.34. The van der Waals surface area contributed by atoms with Gasteiger partial charge in [0.1, 0.15) is 0 Å². The van der Waals surface area contributed by atoms with E-state index in [1.165, 1.54) is 6.92 Å². The fourth-order valence-corrected chi connectivity index (χ4v) is 3.38. The molecule has 1 aromatic heterocycles. The van der Waals surface area contributed by atoms with Crippen molar-refractivity contribution < 1.29 is 9.59 Å². The molecule has 1 aliphatic heterocycles. The number of aromatic amines is 1. The number of carbonyl (C=O) groups excluding carboxylic acids is 2. The predicted octanol–water partition coefficient (Wildman–Crippen LogP) is 2.68. The highest BCUT2D eigenvalue weighted by Crippen LogP contribution is 2.24. The lowest BCUT2D eigenvalue weighted by Crippen LogP contribution is -2.40. The molecule has 2 rings (SSSR count). The number of nitrogens with one attached hydrogen (secondary N) is 2. The van der Waals surface area contributed by atoms with Gasteiger partial charge in [0.15, 0.2) is 5.78 Å². The number of hydrogen-bond acceptors (Lipinski definition) is 3. The molecule has 0 saturated carbocycles. The van der Waals surface area contributed by atoms with E-state index in [1.807, 2.05) is 13.8 Å². The molecule has 0 spiro atoms. The molecule has 128 valence electrons. The lowest BCUT2D eigenvalue weighted by molar-refractivity contribution is 0.0944. The Balaban J connectivity index is 1.98. The van der Waals surface area contributed by atoms with Crippen molar-refractivity contribution in [3.05, 3.63) is 22.5 Å². The monoisotopic (exact) mass is 319 g/mol. The SMILES string of the molecule is CC(=O)c1[nH]c(C)c(C(=O)NC[C@H]2CCN(C(C)(C)C)C2)c1C. The first-order chi connectivity index (χ1) is 10.6. The maximum atomic E-state index is 12.5. The number of likely N-dealkylation sites (tertiary alicyclic amines) is 1. The lowest BCUT2D eigenvalue weighted by atomic mass is 10.1. The smallest absolute Gasteiger partial charge is 0.253 e. The number of hydrogen-bond donors (Lipinski definition) is 2. The number of carbonyl (C=O) groups is 2. The molecule has 1 saturated heterocycles. The van der Waals surface area contributed by atoms with Crippen LogP contribution in [0.5, 0.6) is 0 Å². The third-order valence-corrected chi connectivity index (χ3v) is 4.80. The summed E-state index contributed by atoms with van der Waals surface area (Å²) in [7, 11) is 0. The number of nitrogens with zero attached hydrogens (tertiary/aromatic N) is 1. The molecule has 5 nitrogen and oxygen atoms in total. The number of Topliss-reactive ketones (excluding diaryl/α,β-unsaturated/α-hetero) is 1. The minimum Gasteiger partial charge on any atom is -0.355 e. The zero-order valence-electron chi connectivity index (χ0n) is 15.2. The van der Waals surface area contributed by atoms with Gasteiger partial charge < -0.3 is 10.3 Å². The molecule has 1 amide bonds. The Hall–Kier alpha value is -1.62. The summed E-state index contributed by atoms with van der Waals surface area (Å²) in [4.78, 5) is 29.6. The van der Waals surface area contributed by atoms with Gasteiger partial charge in [-0.3, -0.25) is 14.5 Å². The van der Waals surface area contributed by atoms with Crippen molar-refractivity contribution >= 4 is 11.7 Å². The van der Waals surface area contributed by atoms with Gasteiger partial charge in [-0.15, -0.1) is 0 Å². The van der Waals surface area contributed by atoms with Gasteiger partial charge in [0.2, 0.25) is 0 Å². The number of aryl methyl sites for hydroxylation is 1. The molecular formula is C18H29N3O2. The van der Waals surface area contributed by atoms with Crippen molar-refractivity contribution in [3.63, 3.8) is 0 Å². The molecule has 0 aliphatic carbocycles. The fraction of sp³-hybridized carbons (Fsp3) is 0.667. The number of H-pyrrole nitrogens is 1. The van der Waals surface area contributed by atoms with Crippen LogP contribution in [0.4, 0.5) is 0 Å². The van der Waals surface area contributed by atoms with Gasteiger partial charge in [-0.2, -0.15) is 0 Å². The first kappa shape index (κ1) is 17.7. The quantitative estimate of drug-likeness (QED) is 0.839. The van der Waals surface area contributed by atoms with Crippen molar-refractivity contribution in [2.75, 3.05) is 19.6 Å². The van der Waals surface area contributed by atoms with Gasteiger partial charge in [0.05, 0.1) is 11.3 Å². The van der Waals surface area contributed by atoms with Crippen LogP contribution in [0.15, 0.2) is 0 Å². The Kier molecular flexibility index (Phi) is 4.99. The number of amides is 1. The second-order valence-corrected chi connectivity index (χ2v) is 7.66. The van der Waals surface area contributed by atoms with Crippen molar-refractivity contribution in [3.8, 4) is 0 Å². The topological polar surface area (TPSA) is 65.2 Å². The van der Waals surface area contributed by atoms with E-state index in [2.05, 4.69) is 36.0 Å². The van der Waals surface area contributed by atoms with E-state index in [0.29, 0.717) is 23.7 Å². The Morgan fingerprint density at radius 3 is 2.43 bits per heavy atom. The second-order valence-electron chi connectivity index (χ2n) is 7.66. The van der Waals surface area contributed by atoms with Crippen LogP contribution in [0.25, 0.3) is 0 Å². The van der Waals surface area contributed by atoms with Crippen LogP contribution in [0.2, 0.25) is 0 Å². The Morgan fingerprint density at radius 1 is 1.30 bits per heavy atom. The maximum Gasteiger partial charge on any atom is 0.253 e.